The Balaban J connectivity index is 1.25. The zero-order chi connectivity index (χ0) is 25.0. The predicted molar refractivity (Wildman–Crippen MR) is 137 cm³/mol. The van der Waals surface area contributed by atoms with E-state index in [2.05, 4.69) is 32.2 Å². The average molecular weight is 492 g/mol. The molecular weight excluding hydrogens is 454 g/mol. The second kappa shape index (κ2) is 10.9. The van der Waals surface area contributed by atoms with Crippen molar-refractivity contribution in [1.29, 1.82) is 0 Å². The van der Waals surface area contributed by atoms with Crippen LogP contribution in [0.1, 0.15) is 80.5 Å². The molecule has 3 aromatic rings. The van der Waals surface area contributed by atoms with Gasteiger partial charge in [0, 0.05) is 25.3 Å². The number of carbonyl (C=O) groups excluding carboxylic acids is 1. The van der Waals surface area contributed by atoms with E-state index in [-0.39, 0.29) is 23.4 Å². The Morgan fingerprint density at radius 3 is 2.64 bits per heavy atom. The number of tetrazole rings is 1. The lowest BCUT2D eigenvalue weighted by Gasteiger charge is -2.44. The van der Waals surface area contributed by atoms with Crippen LogP contribution in [0.5, 0.6) is 0 Å². The molecule has 192 valence electrons. The normalized spacial score (nSPS) is 19.7. The van der Waals surface area contributed by atoms with Crippen molar-refractivity contribution in [1.82, 2.24) is 30.1 Å². The Bertz CT molecular complexity index is 1080. The molecule has 1 aliphatic heterocycles. The van der Waals surface area contributed by atoms with Gasteiger partial charge >= 0.3 is 0 Å². The standard InChI is InChI=1S/C27H37N7O2/c1-21-8-9-25(28-19-21)33(26(35)24-7-6-18-36-24)23-10-15-32(16-11-23)17-14-27(12-4-3-5-13-27)22(2)34-30-20-29-31-34/h6-9,18-20,22-23H,3-5,10-17H2,1-2H3. The van der Waals surface area contributed by atoms with Crippen LogP contribution < -0.4 is 4.90 Å². The van der Waals surface area contributed by atoms with Gasteiger partial charge in [-0.2, -0.15) is 4.80 Å². The van der Waals surface area contributed by atoms with Crippen molar-refractivity contribution in [3.8, 4) is 0 Å². The van der Waals surface area contributed by atoms with Crippen molar-refractivity contribution < 1.29 is 9.21 Å². The summed E-state index contributed by atoms with van der Waals surface area (Å²) < 4.78 is 5.46. The zero-order valence-electron chi connectivity index (χ0n) is 21.4. The number of piperidine rings is 1. The number of nitrogens with zero attached hydrogens (tertiary/aromatic N) is 7. The molecule has 1 saturated carbocycles. The Labute approximate surface area is 212 Å². The third kappa shape index (κ3) is 5.21. The molecule has 9 heteroatoms. The van der Waals surface area contributed by atoms with E-state index in [9.17, 15) is 4.79 Å². The molecule has 1 unspecified atom stereocenters. The summed E-state index contributed by atoms with van der Waals surface area (Å²) in [5, 5.41) is 12.5. The van der Waals surface area contributed by atoms with Gasteiger partial charge in [0.1, 0.15) is 5.82 Å². The van der Waals surface area contributed by atoms with Gasteiger partial charge in [-0.3, -0.25) is 9.69 Å². The Morgan fingerprint density at radius 1 is 1.19 bits per heavy atom. The number of amides is 1. The lowest BCUT2D eigenvalue weighted by atomic mass is 9.67. The van der Waals surface area contributed by atoms with Crippen molar-refractivity contribution >= 4 is 11.7 Å². The fourth-order valence-electron chi connectivity index (χ4n) is 6.09. The molecule has 36 heavy (non-hydrogen) atoms. The second-order valence-corrected chi connectivity index (χ2v) is 10.5. The highest BCUT2D eigenvalue weighted by Crippen LogP contribution is 2.47. The molecule has 1 atom stereocenters. The molecule has 1 amide bonds. The molecule has 4 heterocycles. The van der Waals surface area contributed by atoms with Crippen LogP contribution in [0.25, 0.3) is 0 Å². The summed E-state index contributed by atoms with van der Waals surface area (Å²) >= 11 is 0. The minimum atomic E-state index is -0.120. The summed E-state index contributed by atoms with van der Waals surface area (Å²) in [6, 6.07) is 7.77. The van der Waals surface area contributed by atoms with Crippen LogP contribution in [-0.4, -0.2) is 61.7 Å². The third-order valence-electron chi connectivity index (χ3n) is 8.39. The number of anilines is 1. The molecular formula is C27H37N7O2. The number of rotatable bonds is 8. The van der Waals surface area contributed by atoms with E-state index in [1.807, 2.05) is 34.9 Å². The second-order valence-electron chi connectivity index (χ2n) is 10.5. The van der Waals surface area contributed by atoms with Gasteiger partial charge in [-0.15, -0.1) is 10.2 Å². The summed E-state index contributed by atoms with van der Waals surface area (Å²) in [6.07, 6.45) is 14.2. The molecule has 0 bridgehead atoms. The Kier molecular flexibility index (Phi) is 7.46. The first-order chi connectivity index (χ1) is 17.6. The van der Waals surface area contributed by atoms with Crippen LogP contribution in [0.15, 0.2) is 47.5 Å². The van der Waals surface area contributed by atoms with E-state index < -0.39 is 0 Å². The van der Waals surface area contributed by atoms with Crippen LogP contribution in [0, 0.1) is 12.3 Å². The van der Waals surface area contributed by atoms with Gasteiger partial charge in [-0.05, 0) is 86.9 Å². The van der Waals surface area contributed by atoms with E-state index in [1.165, 1.54) is 38.4 Å². The lowest BCUT2D eigenvalue weighted by Crippen LogP contribution is -2.49. The van der Waals surface area contributed by atoms with Crippen molar-refractivity contribution in [2.75, 3.05) is 24.5 Å². The van der Waals surface area contributed by atoms with Gasteiger partial charge < -0.3 is 9.32 Å². The van der Waals surface area contributed by atoms with Crippen LogP contribution in [0.3, 0.4) is 0 Å². The number of aromatic nitrogens is 5. The summed E-state index contributed by atoms with van der Waals surface area (Å²) in [5.74, 6) is 0.927. The number of hydrogen-bond acceptors (Lipinski definition) is 7. The molecule has 0 aromatic carbocycles. The molecule has 0 radical (unpaired) electrons. The molecule has 0 N–H and O–H groups in total. The van der Waals surface area contributed by atoms with Gasteiger partial charge in [-0.25, -0.2) is 4.98 Å². The van der Waals surface area contributed by atoms with Gasteiger partial charge in [0.15, 0.2) is 12.1 Å². The molecule has 5 rings (SSSR count). The highest BCUT2D eigenvalue weighted by atomic mass is 16.3. The molecule has 0 spiro atoms. The molecule has 2 aliphatic rings. The van der Waals surface area contributed by atoms with Crippen molar-refractivity contribution in [3.05, 3.63) is 54.4 Å². The summed E-state index contributed by atoms with van der Waals surface area (Å²) in [4.78, 5) is 24.2. The van der Waals surface area contributed by atoms with Crippen LogP contribution >= 0.6 is 0 Å². The summed E-state index contributed by atoms with van der Waals surface area (Å²) in [7, 11) is 0. The maximum atomic E-state index is 13.4. The smallest absolute Gasteiger partial charge is 0.295 e. The lowest BCUT2D eigenvalue weighted by molar-refractivity contribution is 0.0623. The van der Waals surface area contributed by atoms with E-state index >= 15 is 0 Å². The highest BCUT2D eigenvalue weighted by molar-refractivity contribution is 6.04. The SMILES string of the molecule is Cc1ccc(N(C(=O)c2ccco2)C2CCN(CCC3(C(C)n4ncnn4)CCCCC3)CC2)nc1. The van der Waals surface area contributed by atoms with E-state index in [0.717, 1.165) is 44.5 Å². The van der Waals surface area contributed by atoms with Crippen LogP contribution in [0.2, 0.25) is 0 Å². The number of hydrogen-bond donors (Lipinski definition) is 0. The first-order valence-electron chi connectivity index (χ1n) is 13.3. The summed E-state index contributed by atoms with van der Waals surface area (Å²) in [6.45, 7) is 7.24. The zero-order valence-corrected chi connectivity index (χ0v) is 21.4. The molecule has 3 aromatic heterocycles. The van der Waals surface area contributed by atoms with Crippen molar-refractivity contribution in [2.45, 2.75) is 77.3 Å². The Morgan fingerprint density at radius 2 is 2.00 bits per heavy atom. The predicted octanol–water partition coefficient (Wildman–Crippen LogP) is 4.68. The monoisotopic (exact) mass is 491 g/mol. The number of furan rings is 1. The topological polar surface area (TPSA) is 93.2 Å². The maximum absolute atomic E-state index is 13.4. The summed E-state index contributed by atoms with van der Waals surface area (Å²) in [5.41, 5.74) is 1.29. The fourth-order valence-corrected chi connectivity index (χ4v) is 6.09. The van der Waals surface area contributed by atoms with Gasteiger partial charge in [0.2, 0.25) is 0 Å². The number of carbonyl (C=O) groups is 1. The fraction of sp³-hybridized carbons (Fsp3) is 0.593. The molecule has 9 nitrogen and oxygen atoms in total. The van der Waals surface area contributed by atoms with Gasteiger partial charge in [0.25, 0.3) is 5.91 Å². The third-order valence-corrected chi connectivity index (χ3v) is 8.39. The van der Waals surface area contributed by atoms with E-state index in [0.29, 0.717) is 11.6 Å². The van der Waals surface area contributed by atoms with Crippen LogP contribution in [-0.2, 0) is 0 Å². The Hall–Kier alpha value is -3.07. The van der Waals surface area contributed by atoms with E-state index in [1.54, 1.807) is 18.4 Å². The van der Waals surface area contributed by atoms with Gasteiger partial charge in [0.05, 0.1) is 12.3 Å². The molecule has 1 saturated heterocycles. The van der Waals surface area contributed by atoms with Crippen LogP contribution in [0.4, 0.5) is 5.82 Å². The van der Waals surface area contributed by atoms with Crippen molar-refractivity contribution in [3.63, 3.8) is 0 Å². The molecule has 1 aliphatic carbocycles. The first-order valence-corrected chi connectivity index (χ1v) is 13.3. The number of likely N-dealkylation sites (tertiary alicyclic amines) is 1. The number of pyridine rings is 1. The minimum absolute atomic E-state index is 0.0935. The van der Waals surface area contributed by atoms with E-state index in [4.69, 9.17) is 4.42 Å². The average Bonchev–Trinajstić information content (AvgIpc) is 3.65. The van der Waals surface area contributed by atoms with Crippen molar-refractivity contribution in [2.24, 2.45) is 5.41 Å². The highest BCUT2D eigenvalue weighted by Gasteiger charge is 2.40. The quantitative estimate of drug-likeness (QED) is 0.451. The minimum Gasteiger partial charge on any atom is -0.459 e. The van der Waals surface area contributed by atoms with Gasteiger partial charge in [-0.1, -0.05) is 25.3 Å². The maximum Gasteiger partial charge on any atom is 0.295 e. The number of aryl methyl sites for hydroxylation is 1. The largest absolute Gasteiger partial charge is 0.459 e. The molecule has 2 fully saturated rings. The first kappa shape index (κ1) is 24.6.